The topological polar surface area (TPSA) is 67.3 Å². The molecular weight excluding hydrogens is 250 g/mol. The fourth-order valence-corrected chi connectivity index (χ4v) is 2.11. The van der Waals surface area contributed by atoms with Crippen molar-refractivity contribution < 1.29 is 9.84 Å². The lowest BCUT2D eigenvalue weighted by atomic mass is 10.2. The van der Waals surface area contributed by atoms with E-state index in [4.69, 9.17) is 4.74 Å². The first-order valence-electron chi connectivity index (χ1n) is 5.63. The normalized spacial score (nSPS) is 12.3. The average molecular weight is 265 g/mol. The van der Waals surface area contributed by atoms with E-state index in [1.165, 1.54) is 11.5 Å². The maximum absolute atomic E-state index is 9.62. The summed E-state index contributed by atoms with van der Waals surface area (Å²) in [5.74, 6) is 0.735. The molecule has 1 unspecified atom stereocenters. The van der Waals surface area contributed by atoms with Crippen LogP contribution < -0.4 is 10.1 Å². The molecule has 96 valence electrons. The van der Waals surface area contributed by atoms with Crippen molar-refractivity contribution in [2.45, 2.75) is 6.10 Å². The summed E-state index contributed by atoms with van der Waals surface area (Å²) in [5, 5.41) is 16.3. The molecular formula is C12H15N3O2S. The molecule has 2 aromatic rings. The predicted molar refractivity (Wildman–Crippen MR) is 70.8 cm³/mol. The van der Waals surface area contributed by atoms with Crippen LogP contribution in [0.4, 0.5) is 0 Å². The lowest BCUT2D eigenvalue weighted by Gasteiger charge is -2.13. The van der Waals surface area contributed by atoms with Crippen molar-refractivity contribution in [3.63, 3.8) is 0 Å². The molecule has 18 heavy (non-hydrogen) atoms. The Labute approximate surface area is 110 Å². The number of nitrogens with one attached hydrogen (secondary N) is 1. The van der Waals surface area contributed by atoms with Gasteiger partial charge >= 0.3 is 0 Å². The Hall–Kier alpha value is -1.50. The van der Waals surface area contributed by atoms with Gasteiger partial charge in [0.15, 0.2) is 0 Å². The summed E-state index contributed by atoms with van der Waals surface area (Å²) in [7, 11) is 1.79. The van der Waals surface area contributed by atoms with Crippen molar-refractivity contribution >= 4 is 11.5 Å². The molecule has 0 aliphatic heterocycles. The smallest absolute Gasteiger partial charge is 0.128 e. The van der Waals surface area contributed by atoms with Gasteiger partial charge in [-0.15, -0.1) is 5.10 Å². The molecule has 6 heteroatoms. The molecule has 0 amide bonds. The first-order chi connectivity index (χ1) is 8.81. The number of rotatable bonds is 6. The SMILES string of the molecule is CNCC(O)COc1ccccc1-c1cnns1. The number of hydrogen-bond donors (Lipinski definition) is 2. The largest absolute Gasteiger partial charge is 0.490 e. The van der Waals surface area contributed by atoms with E-state index in [2.05, 4.69) is 14.9 Å². The van der Waals surface area contributed by atoms with E-state index < -0.39 is 6.10 Å². The maximum Gasteiger partial charge on any atom is 0.128 e. The summed E-state index contributed by atoms with van der Waals surface area (Å²) < 4.78 is 9.48. The van der Waals surface area contributed by atoms with Gasteiger partial charge < -0.3 is 15.2 Å². The van der Waals surface area contributed by atoms with Gasteiger partial charge in [-0.05, 0) is 30.7 Å². The van der Waals surface area contributed by atoms with Crippen molar-refractivity contribution in [3.8, 4) is 16.2 Å². The van der Waals surface area contributed by atoms with Crippen molar-refractivity contribution in [1.82, 2.24) is 14.9 Å². The second-order valence-electron chi connectivity index (χ2n) is 3.80. The first kappa shape index (κ1) is 12.9. The van der Waals surface area contributed by atoms with Gasteiger partial charge in [-0.1, -0.05) is 16.6 Å². The minimum atomic E-state index is -0.525. The number of nitrogens with zero attached hydrogens (tertiary/aromatic N) is 2. The Morgan fingerprint density at radius 1 is 1.44 bits per heavy atom. The zero-order chi connectivity index (χ0) is 12.8. The maximum atomic E-state index is 9.62. The van der Waals surface area contributed by atoms with Crippen LogP contribution in [0.5, 0.6) is 5.75 Å². The lowest BCUT2D eigenvalue weighted by molar-refractivity contribution is 0.108. The Morgan fingerprint density at radius 2 is 2.28 bits per heavy atom. The van der Waals surface area contributed by atoms with Gasteiger partial charge in [0.2, 0.25) is 0 Å². The van der Waals surface area contributed by atoms with Gasteiger partial charge in [-0.25, -0.2) is 0 Å². The van der Waals surface area contributed by atoms with Crippen LogP contribution in [0.3, 0.4) is 0 Å². The molecule has 2 rings (SSSR count). The Balaban J connectivity index is 2.09. The Bertz CT molecular complexity index is 476. The van der Waals surface area contributed by atoms with Crippen molar-refractivity contribution in [2.24, 2.45) is 0 Å². The minimum Gasteiger partial charge on any atom is -0.490 e. The summed E-state index contributed by atoms with van der Waals surface area (Å²) in [6.45, 7) is 0.758. The number of hydrogen-bond acceptors (Lipinski definition) is 6. The van der Waals surface area contributed by atoms with Crippen LogP contribution in [-0.2, 0) is 0 Å². The van der Waals surface area contributed by atoms with Crippen LogP contribution in [0.15, 0.2) is 30.5 Å². The van der Waals surface area contributed by atoms with Gasteiger partial charge in [0.1, 0.15) is 18.5 Å². The third-order valence-corrected chi connectivity index (χ3v) is 3.08. The van der Waals surface area contributed by atoms with E-state index in [0.717, 1.165) is 16.2 Å². The Morgan fingerprint density at radius 3 is 3.00 bits per heavy atom. The monoisotopic (exact) mass is 265 g/mol. The number of aliphatic hydroxyl groups excluding tert-OH is 1. The number of likely N-dealkylation sites (N-methyl/N-ethyl adjacent to an activating group) is 1. The molecule has 0 bridgehead atoms. The molecule has 0 aliphatic carbocycles. The van der Waals surface area contributed by atoms with Gasteiger partial charge in [0, 0.05) is 12.1 Å². The molecule has 0 saturated carbocycles. The first-order valence-corrected chi connectivity index (χ1v) is 6.41. The zero-order valence-electron chi connectivity index (χ0n) is 10.0. The summed E-state index contributed by atoms with van der Waals surface area (Å²) in [6, 6.07) is 7.67. The number of benzene rings is 1. The molecule has 0 fully saturated rings. The average Bonchev–Trinajstić information content (AvgIpc) is 2.91. The number of aromatic nitrogens is 2. The van der Waals surface area contributed by atoms with Crippen molar-refractivity contribution in [2.75, 3.05) is 20.2 Å². The minimum absolute atomic E-state index is 0.254. The van der Waals surface area contributed by atoms with Crippen LogP contribution in [0.2, 0.25) is 0 Å². The quantitative estimate of drug-likeness (QED) is 0.820. The predicted octanol–water partition coefficient (Wildman–Crippen LogP) is 1.16. The highest BCUT2D eigenvalue weighted by Gasteiger charge is 2.10. The van der Waals surface area contributed by atoms with Gasteiger partial charge in [0.25, 0.3) is 0 Å². The highest BCUT2D eigenvalue weighted by molar-refractivity contribution is 7.09. The van der Waals surface area contributed by atoms with E-state index in [0.29, 0.717) is 6.54 Å². The fourth-order valence-electron chi connectivity index (χ4n) is 1.56. The second-order valence-corrected chi connectivity index (χ2v) is 4.59. The van der Waals surface area contributed by atoms with E-state index >= 15 is 0 Å². The Kier molecular flexibility index (Phi) is 4.63. The molecule has 0 saturated heterocycles. The van der Waals surface area contributed by atoms with Crippen molar-refractivity contribution in [1.29, 1.82) is 0 Å². The zero-order valence-corrected chi connectivity index (χ0v) is 10.9. The fraction of sp³-hybridized carbons (Fsp3) is 0.333. The van der Waals surface area contributed by atoms with Crippen LogP contribution in [0.25, 0.3) is 10.4 Å². The molecule has 0 radical (unpaired) electrons. The molecule has 1 aromatic carbocycles. The summed E-state index contributed by atoms with van der Waals surface area (Å²) in [5.41, 5.74) is 0.948. The van der Waals surface area contributed by atoms with Gasteiger partial charge in [-0.2, -0.15) is 0 Å². The molecule has 1 aromatic heterocycles. The van der Waals surface area contributed by atoms with Crippen LogP contribution in [0.1, 0.15) is 0 Å². The molecule has 5 nitrogen and oxygen atoms in total. The standard InChI is InChI=1S/C12H15N3O2S/c1-13-6-9(16)8-17-11-5-3-2-4-10(11)12-7-14-15-18-12/h2-5,7,9,13,16H,6,8H2,1H3. The molecule has 0 aliphatic rings. The highest BCUT2D eigenvalue weighted by Crippen LogP contribution is 2.31. The van der Waals surface area contributed by atoms with E-state index in [-0.39, 0.29) is 6.61 Å². The third-order valence-electron chi connectivity index (χ3n) is 2.38. The summed E-state index contributed by atoms with van der Waals surface area (Å²) >= 11 is 1.32. The second kappa shape index (κ2) is 6.44. The molecule has 1 atom stereocenters. The lowest BCUT2D eigenvalue weighted by Crippen LogP contribution is -2.29. The summed E-state index contributed by atoms with van der Waals surface area (Å²) in [4.78, 5) is 0.953. The number of aliphatic hydroxyl groups is 1. The molecule has 1 heterocycles. The number of ether oxygens (including phenoxy) is 1. The van der Waals surface area contributed by atoms with E-state index in [1.807, 2.05) is 24.3 Å². The highest BCUT2D eigenvalue weighted by atomic mass is 32.1. The van der Waals surface area contributed by atoms with E-state index in [1.54, 1.807) is 13.2 Å². The third kappa shape index (κ3) is 3.25. The van der Waals surface area contributed by atoms with Crippen molar-refractivity contribution in [3.05, 3.63) is 30.5 Å². The van der Waals surface area contributed by atoms with E-state index in [9.17, 15) is 5.11 Å². The molecule has 2 N–H and O–H groups in total. The summed E-state index contributed by atoms with van der Waals surface area (Å²) in [6.07, 6.45) is 1.18. The number of para-hydroxylation sites is 1. The van der Waals surface area contributed by atoms with Crippen LogP contribution in [0, 0.1) is 0 Å². The van der Waals surface area contributed by atoms with Crippen LogP contribution >= 0.6 is 11.5 Å². The van der Waals surface area contributed by atoms with Gasteiger partial charge in [0.05, 0.1) is 11.1 Å². The van der Waals surface area contributed by atoms with Crippen LogP contribution in [-0.4, -0.2) is 41.0 Å². The molecule has 0 spiro atoms. The van der Waals surface area contributed by atoms with Gasteiger partial charge in [-0.3, -0.25) is 0 Å².